The molecule has 0 aromatic heterocycles. The SMILES string of the molecule is CCN(Cc1ccccc1)C(=O)N[C@H]1CC[C@@H](C(=O)N2CCN(C(C)C)CC2)CC1. The molecule has 1 saturated heterocycles. The fourth-order valence-corrected chi connectivity index (χ4v) is 4.60. The zero-order chi connectivity index (χ0) is 21.5. The number of nitrogens with zero attached hydrogens (tertiary/aromatic N) is 3. The van der Waals surface area contributed by atoms with E-state index in [1.54, 1.807) is 0 Å². The van der Waals surface area contributed by atoms with Crippen LogP contribution in [0.3, 0.4) is 0 Å². The van der Waals surface area contributed by atoms with Crippen molar-refractivity contribution in [1.82, 2.24) is 20.0 Å². The highest BCUT2D eigenvalue weighted by atomic mass is 16.2. The molecule has 1 aromatic rings. The van der Waals surface area contributed by atoms with Gasteiger partial charge in [-0.15, -0.1) is 0 Å². The van der Waals surface area contributed by atoms with Crippen molar-refractivity contribution < 1.29 is 9.59 Å². The molecule has 0 radical (unpaired) electrons. The number of rotatable bonds is 6. The average molecular weight is 415 g/mol. The van der Waals surface area contributed by atoms with Gasteiger partial charge in [0.05, 0.1) is 0 Å². The molecular formula is C24H38N4O2. The minimum absolute atomic E-state index is 0.000868. The Bertz CT molecular complexity index is 678. The fraction of sp³-hybridized carbons (Fsp3) is 0.667. The molecule has 0 bridgehead atoms. The molecule has 1 heterocycles. The molecule has 1 saturated carbocycles. The van der Waals surface area contributed by atoms with E-state index in [0.717, 1.165) is 57.4 Å². The van der Waals surface area contributed by atoms with Gasteiger partial charge >= 0.3 is 6.03 Å². The average Bonchev–Trinajstić information content (AvgIpc) is 2.78. The second-order valence-electron chi connectivity index (χ2n) is 8.95. The molecule has 1 aromatic carbocycles. The number of piperazine rings is 1. The summed E-state index contributed by atoms with van der Waals surface area (Å²) in [4.78, 5) is 32.0. The van der Waals surface area contributed by atoms with Crippen LogP contribution in [0.25, 0.3) is 0 Å². The minimum atomic E-state index is 0.000868. The van der Waals surface area contributed by atoms with E-state index in [9.17, 15) is 9.59 Å². The van der Waals surface area contributed by atoms with Crippen molar-refractivity contribution in [3.8, 4) is 0 Å². The first-order valence-electron chi connectivity index (χ1n) is 11.6. The van der Waals surface area contributed by atoms with E-state index >= 15 is 0 Å². The first-order chi connectivity index (χ1) is 14.5. The van der Waals surface area contributed by atoms with Crippen molar-refractivity contribution in [1.29, 1.82) is 0 Å². The summed E-state index contributed by atoms with van der Waals surface area (Å²) in [6, 6.07) is 10.8. The van der Waals surface area contributed by atoms with Gasteiger partial charge in [0.1, 0.15) is 0 Å². The second kappa shape index (κ2) is 10.8. The Morgan fingerprint density at radius 1 is 1.03 bits per heavy atom. The maximum Gasteiger partial charge on any atom is 0.317 e. The lowest BCUT2D eigenvalue weighted by molar-refractivity contribution is -0.138. The van der Waals surface area contributed by atoms with Crippen LogP contribution < -0.4 is 5.32 Å². The second-order valence-corrected chi connectivity index (χ2v) is 8.95. The van der Waals surface area contributed by atoms with E-state index in [4.69, 9.17) is 0 Å². The third-order valence-electron chi connectivity index (χ3n) is 6.65. The van der Waals surface area contributed by atoms with Gasteiger partial charge in [-0.3, -0.25) is 9.69 Å². The van der Waals surface area contributed by atoms with Gasteiger partial charge in [0.2, 0.25) is 5.91 Å². The van der Waals surface area contributed by atoms with Gasteiger partial charge in [-0.2, -0.15) is 0 Å². The lowest BCUT2D eigenvalue weighted by atomic mass is 9.85. The number of hydrogen-bond donors (Lipinski definition) is 1. The maximum absolute atomic E-state index is 12.9. The van der Waals surface area contributed by atoms with Crippen molar-refractivity contribution in [3.05, 3.63) is 35.9 Å². The van der Waals surface area contributed by atoms with Gasteiger partial charge in [-0.05, 0) is 52.0 Å². The van der Waals surface area contributed by atoms with E-state index in [1.165, 1.54) is 0 Å². The van der Waals surface area contributed by atoms with E-state index in [2.05, 4.69) is 29.0 Å². The topological polar surface area (TPSA) is 55.9 Å². The quantitative estimate of drug-likeness (QED) is 0.777. The summed E-state index contributed by atoms with van der Waals surface area (Å²) in [5, 5.41) is 3.20. The molecule has 166 valence electrons. The molecule has 3 amide bonds. The van der Waals surface area contributed by atoms with Crippen LogP contribution in [0.5, 0.6) is 0 Å². The molecule has 2 fully saturated rings. The summed E-state index contributed by atoms with van der Waals surface area (Å²) >= 11 is 0. The number of carbonyl (C=O) groups excluding carboxylic acids is 2. The van der Waals surface area contributed by atoms with Crippen LogP contribution >= 0.6 is 0 Å². The van der Waals surface area contributed by atoms with Crippen molar-refractivity contribution in [2.45, 2.75) is 65.1 Å². The molecule has 1 aliphatic heterocycles. The Hall–Kier alpha value is -2.08. The highest BCUT2D eigenvalue weighted by molar-refractivity contribution is 5.79. The Morgan fingerprint density at radius 3 is 2.23 bits per heavy atom. The molecule has 2 aliphatic rings. The molecule has 0 atom stereocenters. The van der Waals surface area contributed by atoms with Crippen molar-refractivity contribution in [3.63, 3.8) is 0 Å². The largest absolute Gasteiger partial charge is 0.340 e. The van der Waals surface area contributed by atoms with Crippen LogP contribution in [0, 0.1) is 5.92 Å². The fourth-order valence-electron chi connectivity index (χ4n) is 4.60. The lowest BCUT2D eigenvalue weighted by Gasteiger charge is -2.39. The zero-order valence-electron chi connectivity index (χ0n) is 18.8. The third-order valence-corrected chi connectivity index (χ3v) is 6.65. The Morgan fingerprint density at radius 2 is 1.67 bits per heavy atom. The molecule has 6 heteroatoms. The van der Waals surface area contributed by atoms with Crippen LogP contribution in [0.1, 0.15) is 52.0 Å². The smallest absolute Gasteiger partial charge is 0.317 e. The normalized spacial score (nSPS) is 22.7. The summed E-state index contributed by atoms with van der Waals surface area (Å²) in [6.45, 7) is 11.4. The standard InChI is InChI=1S/C24H38N4O2/c1-4-26(18-20-8-6-5-7-9-20)24(30)25-22-12-10-21(11-13-22)23(29)28-16-14-27(15-17-28)19(2)3/h5-9,19,21-22H,4,10-18H2,1-3H3,(H,25,30)/t21-,22+. The molecule has 30 heavy (non-hydrogen) atoms. The van der Waals surface area contributed by atoms with Gasteiger partial charge in [0.25, 0.3) is 0 Å². The molecule has 1 aliphatic carbocycles. The summed E-state index contributed by atoms with van der Waals surface area (Å²) in [6.07, 6.45) is 3.52. The molecule has 1 N–H and O–H groups in total. The van der Waals surface area contributed by atoms with Crippen LogP contribution in [-0.4, -0.2) is 71.4 Å². The number of carbonyl (C=O) groups is 2. The summed E-state index contributed by atoms with van der Waals surface area (Å²) in [7, 11) is 0. The summed E-state index contributed by atoms with van der Waals surface area (Å²) < 4.78 is 0. The van der Waals surface area contributed by atoms with E-state index in [-0.39, 0.29) is 18.0 Å². The highest BCUT2D eigenvalue weighted by Crippen LogP contribution is 2.27. The van der Waals surface area contributed by atoms with Crippen molar-refractivity contribution in [2.24, 2.45) is 5.92 Å². The molecule has 6 nitrogen and oxygen atoms in total. The first-order valence-corrected chi connectivity index (χ1v) is 11.6. The third kappa shape index (κ3) is 5.97. The maximum atomic E-state index is 12.9. The van der Waals surface area contributed by atoms with Crippen molar-refractivity contribution >= 4 is 11.9 Å². The van der Waals surface area contributed by atoms with Gasteiger partial charge in [-0.25, -0.2) is 4.79 Å². The van der Waals surface area contributed by atoms with Crippen LogP contribution in [0.4, 0.5) is 4.79 Å². The minimum Gasteiger partial charge on any atom is -0.340 e. The summed E-state index contributed by atoms with van der Waals surface area (Å²) in [5.74, 6) is 0.442. The Balaban J connectivity index is 1.42. The lowest BCUT2D eigenvalue weighted by Crippen LogP contribution is -2.53. The van der Waals surface area contributed by atoms with Gasteiger partial charge in [0.15, 0.2) is 0 Å². The molecule has 0 unspecified atom stereocenters. The number of benzene rings is 1. The van der Waals surface area contributed by atoms with Crippen LogP contribution in [-0.2, 0) is 11.3 Å². The molecule has 0 spiro atoms. The number of nitrogens with one attached hydrogen (secondary N) is 1. The highest BCUT2D eigenvalue weighted by Gasteiger charge is 2.32. The van der Waals surface area contributed by atoms with Gasteiger partial charge in [-0.1, -0.05) is 30.3 Å². The first kappa shape index (κ1) is 22.6. The van der Waals surface area contributed by atoms with E-state index in [0.29, 0.717) is 25.0 Å². The van der Waals surface area contributed by atoms with Crippen LogP contribution in [0.15, 0.2) is 30.3 Å². The van der Waals surface area contributed by atoms with Gasteiger partial charge in [0, 0.05) is 57.3 Å². The van der Waals surface area contributed by atoms with Crippen molar-refractivity contribution in [2.75, 3.05) is 32.7 Å². The van der Waals surface area contributed by atoms with Gasteiger partial charge < -0.3 is 15.1 Å². The van der Waals surface area contributed by atoms with E-state index in [1.807, 2.05) is 42.2 Å². The number of hydrogen-bond acceptors (Lipinski definition) is 3. The monoisotopic (exact) mass is 414 g/mol. The zero-order valence-corrected chi connectivity index (χ0v) is 18.8. The number of amides is 3. The number of urea groups is 1. The summed E-state index contributed by atoms with van der Waals surface area (Å²) in [5.41, 5.74) is 1.14. The van der Waals surface area contributed by atoms with E-state index < -0.39 is 0 Å². The Kier molecular flexibility index (Phi) is 8.14. The predicted octanol–water partition coefficient (Wildman–Crippen LogP) is 3.33. The molecule has 3 rings (SSSR count). The van der Waals surface area contributed by atoms with Crippen LogP contribution in [0.2, 0.25) is 0 Å². The predicted molar refractivity (Wildman–Crippen MR) is 120 cm³/mol. The Labute approximate surface area is 181 Å². The molecular weight excluding hydrogens is 376 g/mol.